The van der Waals surface area contributed by atoms with E-state index < -0.39 is 5.82 Å². The third-order valence-electron chi connectivity index (χ3n) is 2.06. The summed E-state index contributed by atoms with van der Waals surface area (Å²) in [5, 5.41) is 9.55. The molecule has 14 heavy (non-hydrogen) atoms. The van der Waals surface area contributed by atoms with Crippen molar-refractivity contribution in [2.75, 3.05) is 0 Å². The predicted molar refractivity (Wildman–Crippen MR) is 54.9 cm³/mol. The van der Waals surface area contributed by atoms with Gasteiger partial charge in [0.15, 0.2) is 0 Å². The van der Waals surface area contributed by atoms with Crippen LogP contribution in [0, 0.1) is 5.82 Å². The Balaban J connectivity index is 3.07. The SMILES string of the molecule is CCC[C@@H](N)c1cc(F)cc(Cl)c1O. The third kappa shape index (κ3) is 2.36. The van der Waals surface area contributed by atoms with Gasteiger partial charge in [-0.25, -0.2) is 4.39 Å². The minimum absolute atomic E-state index is 0.00607. The summed E-state index contributed by atoms with van der Waals surface area (Å²) < 4.78 is 13.0. The molecule has 0 saturated carbocycles. The molecular formula is C10H13ClFNO. The van der Waals surface area contributed by atoms with Crippen LogP contribution in [0.25, 0.3) is 0 Å². The molecule has 3 N–H and O–H groups in total. The maximum absolute atomic E-state index is 13.0. The average Bonchev–Trinajstić information content (AvgIpc) is 2.11. The first-order valence-electron chi connectivity index (χ1n) is 4.49. The molecule has 0 amide bonds. The lowest BCUT2D eigenvalue weighted by Crippen LogP contribution is -2.10. The molecule has 2 nitrogen and oxygen atoms in total. The highest BCUT2D eigenvalue weighted by Crippen LogP contribution is 2.33. The molecular weight excluding hydrogens is 205 g/mol. The van der Waals surface area contributed by atoms with Crippen molar-refractivity contribution in [2.24, 2.45) is 5.73 Å². The molecule has 1 rings (SSSR count). The summed E-state index contributed by atoms with van der Waals surface area (Å²) >= 11 is 5.62. The molecule has 0 heterocycles. The quantitative estimate of drug-likeness (QED) is 0.818. The highest BCUT2D eigenvalue weighted by Gasteiger charge is 2.14. The van der Waals surface area contributed by atoms with E-state index in [-0.39, 0.29) is 16.8 Å². The summed E-state index contributed by atoms with van der Waals surface area (Å²) in [6.45, 7) is 1.97. The van der Waals surface area contributed by atoms with Crippen molar-refractivity contribution in [3.63, 3.8) is 0 Å². The van der Waals surface area contributed by atoms with Gasteiger partial charge in [0, 0.05) is 11.6 Å². The first-order chi connectivity index (χ1) is 6.56. The molecule has 1 aromatic carbocycles. The lowest BCUT2D eigenvalue weighted by atomic mass is 10.0. The van der Waals surface area contributed by atoms with Crippen LogP contribution in [0.1, 0.15) is 31.4 Å². The van der Waals surface area contributed by atoms with Crippen molar-refractivity contribution in [2.45, 2.75) is 25.8 Å². The van der Waals surface area contributed by atoms with Gasteiger partial charge in [-0.05, 0) is 18.6 Å². The molecule has 4 heteroatoms. The number of nitrogens with two attached hydrogens (primary N) is 1. The Kier molecular flexibility index (Phi) is 3.72. The van der Waals surface area contributed by atoms with Gasteiger partial charge in [0.1, 0.15) is 11.6 Å². The Labute approximate surface area is 87.5 Å². The number of benzene rings is 1. The summed E-state index contributed by atoms with van der Waals surface area (Å²) in [4.78, 5) is 0. The van der Waals surface area contributed by atoms with Crippen LogP contribution in [0.4, 0.5) is 4.39 Å². The number of rotatable bonds is 3. The van der Waals surface area contributed by atoms with Gasteiger partial charge >= 0.3 is 0 Å². The monoisotopic (exact) mass is 217 g/mol. The topological polar surface area (TPSA) is 46.2 Å². The van der Waals surface area contributed by atoms with E-state index in [9.17, 15) is 9.50 Å². The standard InChI is InChI=1S/C10H13ClFNO/c1-2-3-9(13)7-4-6(12)5-8(11)10(7)14/h4-5,9,14H,2-3,13H2,1H3/t9-/m1/s1. The van der Waals surface area contributed by atoms with Crippen molar-refractivity contribution in [1.29, 1.82) is 0 Å². The van der Waals surface area contributed by atoms with E-state index in [0.29, 0.717) is 12.0 Å². The summed E-state index contributed by atoms with van der Waals surface area (Å²) in [7, 11) is 0. The zero-order chi connectivity index (χ0) is 10.7. The van der Waals surface area contributed by atoms with E-state index in [0.717, 1.165) is 12.5 Å². The van der Waals surface area contributed by atoms with E-state index >= 15 is 0 Å². The molecule has 0 bridgehead atoms. The second kappa shape index (κ2) is 4.62. The molecule has 0 saturated heterocycles. The highest BCUT2D eigenvalue weighted by molar-refractivity contribution is 6.32. The maximum Gasteiger partial charge on any atom is 0.139 e. The fourth-order valence-corrected chi connectivity index (χ4v) is 1.55. The zero-order valence-electron chi connectivity index (χ0n) is 7.93. The Hall–Kier alpha value is -0.800. The predicted octanol–water partition coefficient (Wildman–Crippen LogP) is 2.98. The smallest absolute Gasteiger partial charge is 0.139 e. The highest BCUT2D eigenvalue weighted by atomic mass is 35.5. The number of phenolic OH excluding ortho intramolecular Hbond substituents is 1. The van der Waals surface area contributed by atoms with Crippen LogP contribution >= 0.6 is 11.6 Å². The third-order valence-corrected chi connectivity index (χ3v) is 2.34. The van der Waals surface area contributed by atoms with Gasteiger partial charge < -0.3 is 10.8 Å². The molecule has 0 aliphatic heterocycles. The van der Waals surface area contributed by atoms with E-state index in [2.05, 4.69) is 0 Å². The van der Waals surface area contributed by atoms with Crippen molar-refractivity contribution < 1.29 is 9.50 Å². The Morgan fingerprint density at radius 1 is 1.57 bits per heavy atom. The molecule has 0 aliphatic rings. The molecule has 1 aromatic rings. The van der Waals surface area contributed by atoms with Gasteiger partial charge in [-0.15, -0.1) is 0 Å². The number of hydrogen-bond acceptors (Lipinski definition) is 2. The van der Waals surface area contributed by atoms with E-state index in [1.54, 1.807) is 0 Å². The molecule has 0 unspecified atom stereocenters. The van der Waals surface area contributed by atoms with Crippen LogP contribution in [-0.2, 0) is 0 Å². The summed E-state index contributed by atoms with van der Waals surface area (Å²) in [6, 6.07) is 1.92. The Morgan fingerprint density at radius 3 is 2.79 bits per heavy atom. The Morgan fingerprint density at radius 2 is 2.21 bits per heavy atom. The molecule has 1 atom stereocenters. The van der Waals surface area contributed by atoms with Crippen molar-refractivity contribution in [3.8, 4) is 5.75 Å². The molecule has 0 spiro atoms. The molecule has 0 aliphatic carbocycles. The fraction of sp³-hybridized carbons (Fsp3) is 0.400. The second-order valence-electron chi connectivity index (χ2n) is 3.22. The normalized spacial score (nSPS) is 12.9. The summed E-state index contributed by atoms with van der Waals surface area (Å²) in [6.07, 6.45) is 1.56. The summed E-state index contributed by atoms with van der Waals surface area (Å²) in [5.74, 6) is -0.594. The molecule has 0 radical (unpaired) electrons. The minimum Gasteiger partial charge on any atom is -0.506 e. The number of aromatic hydroxyl groups is 1. The van der Waals surface area contributed by atoms with Gasteiger partial charge in [0.2, 0.25) is 0 Å². The van der Waals surface area contributed by atoms with Crippen LogP contribution < -0.4 is 5.73 Å². The van der Waals surface area contributed by atoms with Gasteiger partial charge in [0.05, 0.1) is 5.02 Å². The lowest BCUT2D eigenvalue weighted by Gasteiger charge is -2.13. The Bertz CT molecular complexity index is 330. The van der Waals surface area contributed by atoms with Crippen LogP contribution in [0.15, 0.2) is 12.1 Å². The van der Waals surface area contributed by atoms with Crippen molar-refractivity contribution in [3.05, 3.63) is 28.5 Å². The van der Waals surface area contributed by atoms with Gasteiger partial charge in [0.25, 0.3) is 0 Å². The fourth-order valence-electron chi connectivity index (χ4n) is 1.34. The lowest BCUT2D eigenvalue weighted by molar-refractivity contribution is 0.455. The number of halogens is 2. The minimum atomic E-state index is -0.477. The molecule has 0 aromatic heterocycles. The van der Waals surface area contributed by atoms with Crippen LogP contribution in [0.2, 0.25) is 5.02 Å². The second-order valence-corrected chi connectivity index (χ2v) is 3.63. The first-order valence-corrected chi connectivity index (χ1v) is 4.87. The first kappa shape index (κ1) is 11.3. The van der Waals surface area contributed by atoms with Gasteiger partial charge in [-0.3, -0.25) is 0 Å². The van der Waals surface area contributed by atoms with E-state index in [4.69, 9.17) is 17.3 Å². The largest absolute Gasteiger partial charge is 0.506 e. The van der Waals surface area contributed by atoms with Crippen LogP contribution in [-0.4, -0.2) is 5.11 Å². The molecule has 0 fully saturated rings. The number of hydrogen-bond donors (Lipinski definition) is 2. The van der Waals surface area contributed by atoms with Gasteiger partial charge in [-0.1, -0.05) is 24.9 Å². The zero-order valence-corrected chi connectivity index (χ0v) is 8.68. The van der Waals surface area contributed by atoms with Crippen molar-refractivity contribution >= 4 is 11.6 Å². The van der Waals surface area contributed by atoms with Gasteiger partial charge in [-0.2, -0.15) is 0 Å². The van der Waals surface area contributed by atoms with Crippen LogP contribution in [0.3, 0.4) is 0 Å². The molecule has 78 valence electrons. The van der Waals surface area contributed by atoms with E-state index in [1.807, 2.05) is 6.92 Å². The van der Waals surface area contributed by atoms with E-state index in [1.165, 1.54) is 6.07 Å². The average molecular weight is 218 g/mol. The summed E-state index contributed by atoms with van der Waals surface area (Å²) in [5.41, 5.74) is 6.13. The van der Waals surface area contributed by atoms with Crippen molar-refractivity contribution in [1.82, 2.24) is 0 Å². The maximum atomic E-state index is 13.0. The number of phenols is 1. The van der Waals surface area contributed by atoms with Crippen LogP contribution in [0.5, 0.6) is 5.75 Å².